The van der Waals surface area contributed by atoms with E-state index in [0.717, 1.165) is 51.0 Å². The minimum Gasteiger partial charge on any atom is -0.462 e. The molecule has 1 aromatic rings. The second kappa shape index (κ2) is 9.88. The Morgan fingerprint density at radius 1 is 1.22 bits per heavy atom. The van der Waals surface area contributed by atoms with Crippen LogP contribution in [0.3, 0.4) is 0 Å². The van der Waals surface area contributed by atoms with Gasteiger partial charge in [-0.15, -0.1) is 0 Å². The molecule has 0 bridgehead atoms. The minimum absolute atomic E-state index is 0.105. The maximum absolute atomic E-state index is 12.4. The lowest BCUT2D eigenvalue weighted by molar-refractivity contribution is -0.150. The van der Waals surface area contributed by atoms with E-state index in [1.165, 1.54) is 6.42 Å². The number of ether oxygens (including phenoxy) is 1. The van der Waals surface area contributed by atoms with Crippen LogP contribution in [-0.2, 0) is 27.3 Å². The largest absolute Gasteiger partial charge is 0.462 e. The van der Waals surface area contributed by atoms with E-state index in [2.05, 4.69) is 10.3 Å². The molecule has 1 saturated heterocycles. The normalized spacial score (nSPS) is 20.8. The van der Waals surface area contributed by atoms with Crippen molar-refractivity contribution in [3.05, 3.63) is 18.2 Å². The molecule has 7 nitrogen and oxygen atoms in total. The zero-order valence-electron chi connectivity index (χ0n) is 16.4. The Bertz CT molecular complexity index is 624. The first-order chi connectivity index (χ1) is 13.2. The number of likely N-dealkylation sites (tertiary alicyclic amines) is 1. The summed E-state index contributed by atoms with van der Waals surface area (Å²) in [5.74, 6) is 0.907. The molecule has 1 aliphatic heterocycles. The first-order valence-electron chi connectivity index (χ1n) is 10.3. The Kier molecular flexibility index (Phi) is 7.26. The molecule has 2 heterocycles. The van der Waals surface area contributed by atoms with Crippen molar-refractivity contribution in [1.29, 1.82) is 0 Å². The van der Waals surface area contributed by atoms with Crippen LogP contribution in [0.2, 0.25) is 0 Å². The highest BCUT2D eigenvalue weighted by atomic mass is 16.5. The van der Waals surface area contributed by atoms with Gasteiger partial charge in [-0.05, 0) is 39.2 Å². The van der Waals surface area contributed by atoms with Crippen molar-refractivity contribution >= 4 is 11.9 Å². The molecule has 1 N–H and O–H groups in total. The van der Waals surface area contributed by atoms with Crippen LogP contribution >= 0.6 is 0 Å². The smallest absolute Gasteiger partial charge is 0.307 e. The van der Waals surface area contributed by atoms with E-state index in [1.54, 1.807) is 6.20 Å². The van der Waals surface area contributed by atoms with Gasteiger partial charge in [0.15, 0.2) is 0 Å². The highest BCUT2D eigenvalue weighted by Crippen LogP contribution is 2.20. The van der Waals surface area contributed by atoms with E-state index in [-0.39, 0.29) is 18.0 Å². The molecule has 7 heteroatoms. The van der Waals surface area contributed by atoms with E-state index in [0.29, 0.717) is 31.8 Å². The highest BCUT2D eigenvalue weighted by Gasteiger charge is 2.25. The van der Waals surface area contributed by atoms with Crippen molar-refractivity contribution in [3.63, 3.8) is 0 Å². The first kappa shape index (κ1) is 19.9. The number of aromatic nitrogens is 2. The van der Waals surface area contributed by atoms with Crippen LogP contribution in [0.25, 0.3) is 0 Å². The molecule has 0 spiro atoms. The first-order valence-corrected chi connectivity index (χ1v) is 10.3. The molecular weight excluding hydrogens is 344 g/mol. The second-order valence-electron chi connectivity index (χ2n) is 7.65. The maximum Gasteiger partial charge on any atom is 0.307 e. The molecule has 1 aliphatic carbocycles. The lowest BCUT2D eigenvalue weighted by atomic mass is 9.98. The van der Waals surface area contributed by atoms with E-state index in [9.17, 15) is 9.59 Å². The molecule has 1 unspecified atom stereocenters. The van der Waals surface area contributed by atoms with Crippen molar-refractivity contribution in [3.8, 4) is 0 Å². The van der Waals surface area contributed by atoms with Gasteiger partial charge >= 0.3 is 5.97 Å². The van der Waals surface area contributed by atoms with E-state index >= 15 is 0 Å². The maximum atomic E-state index is 12.4. The van der Waals surface area contributed by atoms with Gasteiger partial charge in [0.1, 0.15) is 11.9 Å². The van der Waals surface area contributed by atoms with E-state index in [1.807, 2.05) is 22.7 Å². The van der Waals surface area contributed by atoms with Crippen LogP contribution in [0, 0.1) is 0 Å². The number of esters is 1. The van der Waals surface area contributed by atoms with Gasteiger partial charge in [-0.1, -0.05) is 6.42 Å². The molecule has 27 heavy (non-hydrogen) atoms. The Labute approximate surface area is 161 Å². The van der Waals surface area contributed by atoms with Crippen LogP contribution in [-0.4, -0.2) is 58.6 Å². The van der Waals surface area contributed by atoms with Gasteiger partial charge in [-0.25, -0.2) is 4.98 Å². The molecule has 0 radical (unpaired) electrons. The number of amides is 1. The van der Waals surface area contributed by atoms with Crippen LogP contribution in [0.1, 0.15) is 57.2 Å². The van der Waals surface area contributed by atoms with Crippen molar-refractivity contribution in [2.24, 2.45) is 0 Å². The number of nitrogens with one attached hydrogen (secondary N) is 1. The van der Waals surface area contributed by atoms with Gasteiger partial charge in [0.05, 0.1) is 6.42 Å². The van der Waals surface area contributed by atoms with Gasteiger partial charge in [0.25, 0.3) is 0 Å². The molecule has 3 rings (SSSR count). The fourth-order valence-corrected chi connectivity index (χ4v) is 4.01. The number of aryl methyl sites for hydroxylation is 2. The quantitative estimate of drug-likeness (QED) is 0.701. The van der Waals surface area contributed by atoms with Gasteiger partial charge in [0, 0.05) is 50.9 Å². The average Bonchev–Trinajstić information content (AvgIpc) is 3.34. The third kappa shape index (κ3) is 5.79. The Morgan fingerprint density at radius 2 is 2.04 bits per heavy atom. The predicted molar refractivity (Wildman–Crippen MR) is 102 cm³/mol. The van der Waals surface area contributed by atoms with Crippen LogP contribution in [0.5, 0.6) is 0 Å². The fraction of sp³-hybridized carbons (Fsp3) is 0.750. The summed E-state index contributed by atoms with van der Waals surface area (Å²) in [6.45, 7) is 2.17. The van der Waals surface area contributed by atoms with E-state index < -0.39 is 0 Å². The topological polar surface area (TPSA) is 76.5 Å². The summed E-state index contributed by atoms with van der Waals surface area (Å²) in [4.78, 5) is 30.8. The van der Waals surface area contributed by atoms with Crippen LogP contribution < -0.4 is 5.32 Å². The molecule has 1 atom stereocenters. The van der Waals surface area contributed by atoms with Gasteiger partial charge < -0.3 is 19.5 Å². The third-order valence-electron chi connectivity index (χ3n) is 5.72. The molecule has 150 valence electrons. The zero-order valence-corrected chi connectivity index (χ0v) is 16.4. The minimum atomic E-state index is -0.132. The van der Waals surface area contributed by atoms with Crippen molar-refractivity contribution < 1.29 is 14.3 Å². The summed E-state index contributed by atoms with van der Waals surface area (Å²) < 4.78 is 7.54. The molecule has 2 fully saturated rings. The SMILES string of the molecule is CNC1CCN(C(=O)CCc2nccn2CCC(=O)OC2CCCCC2)C1. The number of likely N-dealkylation sites (N-methyl/N-ethyl adjacent to an activating group) is 1. The summed E-state index contributed by atoms with van der Waals surface area (Å²) >= 11 is 0. The number of imidazole rings is 1. The summed E-state index contributed by atoms with van der Waals surface area (Å²) in [7, 11) is 1.94. The number of carbonyl (C=O) groups excluding carboxylic acids is 2. The molecule has 1 amide bonds. The average molecular weight is 377 g/mol. The Balaban J connectivity index is 1.41. The third-order valence-corrected chi connectivity index (χ3v) is 5.72. The molecule has 2 aliphatic rings. The Hall–Kier alpha value is -1.89. The zero-order chi connectivity index (χ0) is 19.1. The number of rotatable bonds is 8. The van der Waals surface area contributed by atoms with Crippen molar-refractivity contribution in [1.82, 2.24) is 19.8 Å². The highest BCUT2D eigenvalue weighted by molar-refractivity contribution is 5.76. The second-order valence-corrected chi connectivity index (χ2v) is 7.65. The lowest BCUT2D eigenvalue weighted by Crippen LogP contribution is -2.33. The standard InChI is InChI=1S/C20H32N4O3/c1-21-16-9-12-24(15-16)19(25)8-7-18-22-11-14-23(18)13-10-20(26)27-17-5-3-2-4-6-17/h11,14,16-17,21H,2-10,12-13,15H2,1H3. The number of carbonyl (C=O) groups is 2. The van der Waals surface area contributed by atoms with Gasteiger partial charge in [-0.2, -0.15) is 0 Å². The van der Waals surface area contributed by atoms with E-state index in [4.69, 9.17) is 4.74 Å². The van der Waals surface area contributed by atoms with Crippen LogP contribution in [0.4, 0.5) is 0 Å². The van der Waals surface area contributed by atoms with Crippen molar-refractivity contribution in [2.45, 2.75) is 76.5 Å². The summed E-state index contributed by atoms with van der Waals surface area (Å²) in [6.07, 6.45) is 11.7. The molecule has 0 aromatic carbocycles. The fourth-order valence-electron chi connectivity index (χ4n) is 4.01. The molecule has 1 aromatic heterocycles. The molecular formula is C20H32N4O3. The summed E-state index contributed by atoms with van der Waals surface area (Å²) in [6, 6.07) is 0.408. The van der Waals surface area contributed by atoms with Crippen LogP contribution in [0.15, 0.2) is 12.4 Å². The monoisotopic (exact) mass is 376 g/mol. The number of hydrogen-bond acceptors (Lipinski definition) is 5. The molecule has 1 saturated carbocycles. The van der Waals surface area contributed by atoms with Gasteiger partial charge in [-0.3, -0.25) is 9.59 Å². The number of hydrogen-bond donors (Lipinski definition) is 1. The predicted octanol–water partition coefficient (Wildman–Crippen LogP) is 1.90. The Morgan fingerprint density at radius 3 is 2.78 bits per heavy atom. The summed E-state index contributed by atoms with van der Waals surface area (Å²) in [5.41, 5.74) is 0. The van der Waals surface area contributed by atoms with Crippen molar-refractivity contribution in [2.75, 3.05) is 20.1 Å². The lowest BCUT2D eigenvalue weighted by Gasteiger charge is -2.21. The summed E-state index contributed by atoms with van der Waals surface area (Å²) in [5, 5.41) is 3.23. The number of nitrogens with zero attached hydrogens (tertiary/aromatic N) is 3. The van der Waals surface area contributed by atoms with Gasteiger partial charge in [0.2, 0.25) is 5.91 Å².